The summed E-state index contributed by atoms with van der Waals surface area (Å²) >= 11 is 0. The van der Waals surface area contributed by atoms with Crippen LogP contribution in [-0.4, -0.2) is 26.8 Å². The Kier molecular flexibility index (Phi) is 3.41. The molecule has 0 saturated carbocycles. The van der Waals surface area contributed by atoms with Gasteiger partial charge < -0.3 is 5.32 Å². The maximum Gasteiger partial charge on any atom is 0.419 e. The average molecular weight is 271 g/mol. The Morgan fingerprint density at radius 2 is 2.05 bits per heavy atom. The lowest BCUT2D eigenvalue weighted by Crippen LogP contribution is -2.08. The standard InChI is InChI=1S/C11H12F3N5/c1-3-8-9(15-2)16-6-17-10(8)19-5-7(4-18-19)11(12,13)14/h4-6H,3H2,1-2H3,(H,15,16,17). The molecule has 0 spiro atoms. The van der Waals surface area contributed by atoms with E-state index in [9.17, 15) is 13.2 Å². The van der Waals surface area contributed by atoms with Gasteiger partial charge in [0.15, 0.2) is 5.82 Å². The molecule has 19 heavy (non-hydrogen) atoms. The predicted molar refractivity (Wildman–Crippen MR) is 63.1 cm³/mol. The quantitative estimate of drug-likeness (QED) is 0.930. The molecule has 0 atom stereocenters. The molecule has 8 heteroatoms. The van der Waals surface area contributed by atoms with E-state index in [-0.39, 0.29) is 0 Å². The second-order valence-electron chi connectivity index (χ2n) is 3.80. The largest absolute Gasteiger partial charge is 0.419 e. The molecule has 0 fully saturated rings. The molecule has 2 rings (SSSR count). The molecule has 0 saturated heterocycles. The van der Waals surface area contributed by atoms with E-state index < -0.39 is 11.7 Å². The molecule has 0 radical (unpaired) electrons. The van der Waals surface area contributed by atoms with Crippen molar-refractivity contribution in [3.8, 4) is 5.82 Å². The summed E-state index contributed by atoms with van der Waals surface area (Å²) in [4.78, 5) is 8.03. The van der Waals surface area contributed by atoms with Gasteiger partial charge in [0, 0.05) is 18.8 Å². The molecular weight excluding hydrogens is 259 g/mol. The lowest BCUT2D eigenvalue weighted by Gasteiger charge is -2.10. The van der Waals surface area contributed by atoms with Crippen LogP contribution in [0.15, 0.2) is 18.7 Å². The molecule has 0 aliphatic carbocycles. The van der Waals surface area contributed by atoms with Gasteiger partial charge in [-0.2, -0.15) is 18.3 Å². The van der Waals surface area contributed by atoms with Gasteiger partial charge in [-0.3, -0.25) is 0 Å². The zero-order valence-corrected chi connectivity index (χ0v) is 10.4. The van der Waals surface area contributed by atoms with Crippen LogP contribution in [0, 0.1) is 0 Å². The van der Waals surface area contributed by atoms with Crippen LogP contribution in [0.3, 0.4) is 0 Å². The third kappa shape index (κ3) is 2.51. The normalized spacial score (nSPS) is 11.6. The number of aromatic nitrogens is 4. The molecule has 0 aromatic carbocycles. The van der Waals surface area contributed by atoms with Gasteiger partial charge in [0.05, 0.1) is 11.8 Å². The number of hydrogen-bond donors (Lipinski definition) is 1. The first kappa shape index (κ1) is 13.3. The number of hydrogen-bond acceptors (Lipinski definition) is 4. The van der Waals surface area contributed by atoms with Crippen LogP contribution in [0.4, 0.5) is 19.0 Å². The van der Waals surface area contributed by atoms with Crippen LogP contribution in [-0.2, 0) is 12.6 Å². The Hall–Kier alpha value is -2.12. The fourth-order valence-corrected chi connectivity index (χ4v) is 1.73. The third-order valence-corrected chi connectivity index (χ3v) is 2.64. The first-order valence-electron chi connectivity index (χ1n) is 5.61. The number of halogens is 3. The molecular formula is C11H12F3N5. The van der Waals surface area contributed by atoms with Gasteiger partial charge in [-0.25, -0.2) is 14.6 Å². The molecule has 0 aliphatic rings. The second-order valence-corrected chi connectivity index (χ2v) is 3.80. The molecule has 0 bridgehead atoms. The van der Waals surface area contributed by atoms with Crippen molar-refractivity contribution in [2.45, 2.75) is 19.5 Å². The maximum absolute atomic E-state index is 12.5. The van der Waals surface area contributed by atoms with E-state index in [0.717, 1.165) is 17.1 Å². The first-order chi connectivity index (χ1) is 8.97. The van der Waals surface area contributed by atoms with Crippen LogP contribution in [0.2, 0.25) is 0 Å². The molecule has 5 nitrogen and oxygen atoms in total. The summed E-state index contributed by atoms with van der Waals surface area (Å²) in [5.74, 6) is 0.925. The van der Waals surface area contributed by atoms with Gasteiger partial charge in [0.1, 0.15) is 12.1 Å². The Bertz CT molecular complexity index is 576. The maximum atomic E-state index is 12.5. The topological polar surface area (TPSA) is 55.6 Å². The molecule has 2 aromatic rings. The number of alkyl halides is 3. The van der Waals surface area contributed by atoms with Gasteiger partial charge in [0.25, 0.3) is 0 Å². The number of anilines is 1. The predicted octanol–water partition coefficient (Wildman–Crippen LogP) is 2.29. The van der Waals surface area contributed by atoms with E-state index >= 15 is 0 Å². The minimum atomic E-state index is -4.41. The van der Waals surface area contributed by atoms with E-state index in [4.69, 9.17) is 0 Å². The number of rotatable bonds is 3. The monoisotopic (exact) mass is 271 g/mol. The van der Waals surface area contributed by atoms with Crippen molar-refractivity contribution >= 4 is 5.82 Å². The van der Waals surface area contributed by atoms with E-state index in [1.165, 1.54) is 6.33 Å². The van der Waals surface area contributed by atoms with Crippen molar-refractivity contribution in [1.82, 2.24) is 19.7 Å². The number of nitrogens with zero attached hydrogens (tertiary/aromatic N) is 4. The highest BCUT2D eigenvalue weighted by Crippen LogP contribution is 2.29. The Labute approximate surface area is 107 Å². The van der Waals surface area contributed by atoms with Crippen LogP contribution in [0.25, 0.3) is 5.82 Å². The Balaban J connectivity index is 2.50. The summed E-state index contributed by atoms with van der Waals surface area (Å²) in [6.07, 6.45) is -0.853. The summed E-state index contributed by atoms with van der Waals surface area (Å²) in [6.45, 7) is 1.87. The summed E-state index contributed by atoms with van der Waals surface area (Å²) in [7, 11) is 1.69. The summed E-state index contributed by atoms with van der Waals surface area (Å²) in [6, 6.07) is 0. The minimum absolute atomic E-state index is 0.345. The Morgan fingerprint density at radius 3 is 2.58 bits per heavy atom. The molecule has 2 aromatic heterocycles. The van der Waals surface area contributed by atoms with Gasteiger partial charge in [-0.1, -0.05) is 6.92 Å². The summed E-state index contributed by atoms with van der Waals surface area (Å²) in [5, 5.41) is 6.59. The molecule has 0 aliphatic heterocycles. The van der Waals surface area contributed by atoms with Gasteiger partial charge in [-0.05, 0) is 6.42 Å². The summed E-state index contributed by atoms with van der Waals surface area (Å²) in [5.41, 5.74) is -0.0963. The van der Waals surface area contributed by atoms with Crippen molar-refractivity contribution in [3.63, 3.8) is 0 Å². The van der Waals surface area contributed by atoms with Crippen molar-refractivity contribution in [1.29, 1.82) is 0 Å². The fraction of sp³-hybridized carbons (Fsp3) is 0.364. The van der Waals surface area contributed by atoms with E-state index in [1.807, 2.05) is 6.92 Å². The van der Waals surface area contributed by atoms with Crippen molar-refractivity contribution in [2.75, 3.05) is 12.4 Å². The smallest absolute Gasteiger partial charge is 0.373 e. The van der Waals surface area contributed by atoms with Crippen molar-refractivity contribution in [2.24, 2.45) is 0 Å². The van der Waals surface area contributed by atoms with Gasteiger partial charge in [0.2, 0.25) is 0 Å². The zero-order valence-electron chi connectivity index (χ0n) is 10.4. The van der Waals surface area contributed by atoms with E-state index in [1.54, 1.807) is 7.05 Å². The highest BCUT2D eigenvalue weighted by molar-refractivity contribution is 5.51. The van der Waals surface area contributed by atoms with E-state index in [0.29, 0.717) is 23.6 Å². The second kappa shape index (κ2) is 4.87. The van der Waals surface area contributed by atoms with Crippen LogP contribution in [0.1, 0.15) is 18.1 Å². The van der Waals surface area contributed by atoms with Crippen LogP contribution >= 0.6 is 0 Å². The highest BCUT2D eigenvalue weighted by atomic mass is 19.4. The zero-order chi connectivity index (χ0) is 14.0. The van der Waals surface area contributed by atoms with Gasteiger partial charge >= 0.3 is 6.18 Å². The van der Waals surface area contributed by atoms with Gasteiger partial charge in [-0.15, -0.1) is 0 Å². The highest BCUT2D eigenvalue weighted by Gasteiger charge is 2.32. The molecule has 0 unspecified atom stereocenters. The van der Waals surface area contributed by atoms with Crippen molar-refractivity contribution in [3.05, 3.63) is 29.8 Å². The van der Waals surface area contributed by atoms with Crippen LogP contribution in [0.5, 0.6) is 0 Å². The van der Waals surface area contributed by atoms with Crippen LogP contribution < -0.4 is 5.32 Å². The third-order valence-electron chi connectivity index (χ3n) is 2.64. The average Bonchev–Trinajstić information content (AvgIpc) is 2.86. The molecule has 0 amide bonds. The summed E-state index contributed by atoms with van der Waals surface area (Å²) < 4.78 is 38.8. The lowest BCUT2D eigenvalue weighted by molar-refractivity contribution is -0.137. The minimum Gasteiger partial charge on any atom is -0.373 e. The first-order valence-corrected chi connectivity index (χ1v) is 5.61. The Morgan fingerprint density at radius 1 is 1.32 bits per heavy atom. The lowest BCUT2D eigenvalue weighted by atomic mass is 10.2. The molecule has 2 heterocycles. The molecule has 102 valence electrons. The number of nitrogens with one attached hydrogen (secondary N) is 1. The van der Waals surface area contributed by atoms with E-state index in [2.05, 4.69) is 20.4 Å². The molecule has 1 N–H and O–H groups in total. The fourth-order valence-electron chi connectivity index (χ4n) is 1.73. The van der Waals surface area contributed by atoms with Crippen molar-refractivity contribution < 1.29 is 13.2 Å². The SMILES string of the molecule is CCc1c(NC)ncnc1-n1cc(C(F)(F)F)cn1.